The van der Waals surface area contributed by atoms with Crippen molar-refractivity contribution in [3.05, 3.63) is 41.6 Å². The molecule has 25 heavy (non-hydrogen) atoms. The van der Waals surface area contributed by atoms with Gasteiger partial charge in [-0.2, -0.15) is 0 Å². The molecular weight excluding hydrogens is 328 g/mol. The van der Waals surface area contributed by atoms with Crippen LogP contribution in [-0.4, -0.2) is 63.3 Å². The first-order chi connectivity index (χ1) is 12.1. The van der Waals surface area contributed by atoms with Gasteiger partial charge < -0.3 is 24.4 Å². The van der Waals surface area contributed by atoms with Crippen LogP contribution in [-0.2, 0) is 23.8 Å². The molecule has 0 aromatic heterocycles. The quantitative estimate of drug-likeness (QED) is 0.621. The molecule has 0 bridgehead atoms. The number of ether oxygens (including phenoxy) is 3. The molecule has 8 nitrogen and oxygen atoms in total. The van der Waals surface area contributed by atoms with Crippen LogP contribution in [0.5, 0.6) is 0 Å². The third-order valence-electron chi connectivity index (χ3n) is 3.59. The van der Waals surface area contributed by atoms with Crippen molar-refractivity contribution in [2.45, 2.75) is 0 Å². The topological polar surface area (TPSA) is 94.2 Å². The maximum absolute atomic E-state index is 12.7. The van der Waals surface area contributed by atoms with E-state index in [1.54, 1.807) is 29.2 Å². The zero-order valence-electron chi connectivity index (χ0n) is 14.1. The number of methoxy groups -OCH3 is 2. The minimum atomic E-state index is -0.751. The van der Waals surface area contributed by atoms with E-state index in [2.05, 4.69) is 14.8 Å². The molecule has 1 N–H and O–H groups in total. The third kappa shape index (κ3) is 4.80. The number of carbonyl (C=O) groups excluding carboxylic acids is 3. The Morgan fingerprint density at radius 2 is 1.80 bits per heavy atom. The Labute approximate surface area is 145 Å². The molecule has 0 spiro atoms. The number of esters is 2. The van der Waals surface area contributed by atoms with Gasteiger partial charge in [-0.15, -0.1) is 0 Å². The predicted molar refractivity (Wildman–Crippen MR) is 88.9 cm³/mol. The monoisotopic (exact) mass is 348 g/mol. The average Bonchev–Trinajstić information content (AvgIpc) is 2.67. The number of anilines is 1. The normalized spacial score (nSPS) is 14.6. The van der Waals surface area contributed by atoms with Crippen LogP contribution < -0.4 is 5.32 Å². The number of carbonyl (C=O) groups is 3. The third-order valence-corrected chi connectivity index (χ3v) is 3.59. The van der Waals surface area contributed by atoms with Crippen LogP contribution in [0.3, 0.4) is 0 Å². The fraction of sp³-hybridized carbons (Fsp3) is 0.353. The Hall–Kier alpha value is -2.87. The zero-order chi connectivity index (χ0) is 18.2. The highest BCUT2D eigenvalue weighted by atomic mass is 16.5. The lowest BCUT2D eigenvalue weighted by Crippen LogP contribution is -2.41. The summed E-state index contributed by atoms with van der Waals surface area (Å²) in [6.45, 7) is 1.96. The van der Waals surface area contributed by atoms with E-state index in [0.29, 0.717) is 37.6 Å². The fourth-order valence-corrected chi connectivity index (χ4v) is 2.29. The Kier molecular flexibility index (Phi) is 6.53. The molecule has 1 aliphatic rings. The highest BCUT2D eigenvalue weighted by Crippen LogP contribution is 2.20. The first kappa shape index (κ1) is 18.5. The van der Waals surface area contributed by atoms with Crippen LogP contribution in [0.25, 0.3) is 0 Å². The van der Waals surface area contributed by atoms with E-state index in [1.165, 1.54) is 14.2 Å². The van der Waals surface area contributed by atoms with Gasteiger partial charge in [-0.25, -0.2) is 9.59 Å². The van der Waals surface area contributed by atoms with E-state index in [9.17, 15) is 14.4 Å². The Balaban J connectivity index is 2.29. The van der Waals surface area contributed by atoms with E-state index in [-0.39, 0.29) is 11.6 Å². The summed E-state index contributed by atoms with van der Waals surface area (Å²) >= 11 is 0. The van der Waals surface area contributed by atoms with Crippen molar-refractivity contribution in [1.82, 2.24) is 4.90 Å². The van der Waals surface area contributed by atoms with Gasteiger partial charge in [-0.05, 0) is 12.1 Å². The first-order valence-corrected chi connectivity index (χ1v) is 7.68. The van der Waals surface area contributed by atoms with Gasteiger partial charge >= 0.3 is 11.9 Å². The summed E-state index contributed by atoms with van der Waals surface area (Å²) in [5.41, 5.74) is 0.639. The second-order valence-corrected chi connectivity index (χ2v) is 5.15. The van der Waals surface area contributed by atoms with Gasteiger partial charge in [0.1, 0.15) is 5.70 Å². The van der Waals surface area contributed by atoms with Crippen LogP contribution in [0.1, 0.15) is 10.4 Å². The molecule has 1 aromatic rings. The Morgan fingerprint density at radius 3 is 2.44 bits per heavy atom. The van der Waals surface area contributed by atoms with Gasteiger partial charge in [-0.1, -0.05) is 12.1 Å². The summed E-state index contributed by atoms with van der Waals surface area (Å²) in [6, 6.07) is 6.72. The Morgan fingerprint density at radius 1 is 1.12 bits per heavy atom. The minimum absolute atomic E-state index is 0.128. The molecule has 0 unspecified atom stereocenters. The number of rotatable bonds is 5. The van der Waals surface area contributed by atoms with Crippen LogP contribution >= 0.6 is 0 Å². The molecule has 0 saturated carbocycles. The molecule has 1 aromatic carbocycles. The summed E-state index contributed by atoms with van der Waals surface area (Å²) in [6.07, 6.45) is 0.974. The second-order valence-electron chi connectivity index (χ2n) is 5.15. The standard InChI is InChI=1S/C17H20N2O6/c1-23-15(20)11-14(17(22)24-2)18-13-6-4-3-5-12(13)16(21)19-7-9-25-10-8-19/h3-6,11,18H,7-10H2,1-2H3/b14-11+. The van der Waals surface area contributed by atoms with Gasteiger partial charge in [0.15, 0.2) is 0 Å². The van der Waals surface area contributed by atoms with Crippen molar-refractivity contribution in [2.75, 3.05) is 45.8 Å². The number of amides is 1. The lowest BCUT2D eigenvalue weighted by Gasteiger charge is -2.27. The first-order valence-electron chi connectivity index (χ1n) is 7.68. The summed E-state index contributed by atoms with van der Waals surface area (Å²) in [5.74, 6) is -1.66. The number of hydrogen-bond acceptors (Lipinski definition) is 7. The molecule has 2 rings (SSSR count). The van der Waals surface area contributed by atoms with E-state index in [0.717, 1.165) is 6.08 Å². The summed E-state index contributed by atoms with van der Waals surface area (Å²) in [7, 11) is 2.39. The molecule has 1 aliphatic heterocycles. The van der Waals surface area contributed by atoms with Crippen LogP contribution in [0.15, 0.2) is 36.0 Å². The van der Waals surface area contributed by atoms with Crippen LogP contribution in [0.2, 0.25) is 0 Å². The predicted octanol–water partition coefficient (Wildman–Crippen LogP) is 0.801. The molecular formula is C17H20N2O6. The van der Waals surface area contributed by atoms with Crippen molar-refractivity contribution in [2.24, 2.45) is 0 Å². The van der Waals surface area contributed by atoms with E-state index < -0.39 is 11.9 Å². The van der Waals surface area contributed by atoms with E-state index >= 15 is 0 Å². The highest BCUT2D eigenvalue weighted by Gasteiger charge is 2.22. The lowest BCUT2D eigenvalue weighted by molar-refractivity contribution is -0.138. The van der Waals surface area contributed by atoms with E-state index in [1.807, 2.05) is 0 Å². The van der Waals surface area contributed by atoms with Crippen molar-refractivity contribution in [3.63, 3.8) is 0 Å². The largest absolute Gasteiger partial charge is 0.466 e. The fourth-order valence-electron chi connectivity index (χ4n) is 2.29. The van der Waals surface area contributed by atoms with Gasteiger partial charge in [0, 0.05) is 13.1 Å². The van der Waals surface area contributed by atoms with Crippen molar-refractivity contribution >= 4 is 23.5 Å². The summed E-state index contributed by atoms with van der Waals surface area (Å²) in [5, 5.41) is 2.79. The Bertz CT molecular complexity index is 679. The number of nitrogens with zero attached hydrogens (tertiary/aromatic N) is 1. The second kappa shape index (κ2) is 8.84. The number of nitrogens with one attached hydrogen (secondary N) is 1. The van der Waals surface area contributed by atoms with Gasteiger partial charge in [-0.3, -0.25) is 4.79 Å². The molecule has 0 atom stereocenters. The molecule has 0 radical (unpaired) electrons. The van der Waals surface area contributed by atoms with Crippen molar-refractivity contribution in [3.8, 4) is 0 Å². The number of para-hydroxylation sites is 1. The lowest BCUT2D eigenvalue weighted by atomic mass is 10.1. The summed E-state index contributed by atoms with van der Waals surface area (Å²) < 4.78 is 14.4. The molecule has 0 aliphatic carbocycles. The van der Waals surface area contributed by atoms with Gasteiger partial charge in [0.05, 0.1) is 44.8 Å². The van der Waals surface area contributed by atoms with Gasteiger partial charge in [0.25, 0.3) is 5.91 Å². The maximum Gasteiger partial charge on any atom is 0.354 e. The van der Waals surface area contributed by atoms with Crippen molar-refractivity contribution < 1.29 is 28.6 Å². The molecule has 1 amide bonds. The number of hydrogen-bond donors (Lipinski definition) is 1. The average molecular weight is 348 g/mol. The number of morpholine rings is 1. The smallest absolute Gasteiger partial charge is 0.354 e. The minimum Gasteiger partial charge on any atom is -0.466 e. The molecule has 1 fully saturated rings. The highest BCUT2D eigenvalue weighted by molar-refractivity contribution is 6.03. The van der Waals surface area contributed by atoms with Crippen molar-refractivity contribution in [1.29, 1.82) is 0 Å². The maximum atomic E-state index is 12.7. The molecule has 1 saturated heterocycles. The van der Waals surface area contributed by atoms with Crippen LogP contribution in [0.4, 0.5) is 5.69 Å². The van der Waals surface area contributed by atoms with E-state index in [4.69, 9.17) is 4.74 Å². The molecule has 1 heterocycles. The SMILES string of the molecule is COC(=O)/C=C(/Nc1ccccc1C(=O)N1CCOCC1)C(=O)OC. The summed E-state index contributed by atoms with van der Waals surface area (Å²) in [4.78, 5) is 37.7. The number of benzene rings is 1. The zero-order valence-corrected chi connectivity index (χ0v) is 14.1. The van der Waals surface area contributed by atoms with Crippen LogP contribution in [0, 0.1) is 0 Å². The van der Waals surface area contributed by atoms with Gasteiger partial charge in [0.2, 0.25) is 0 Å². The molecule has 134 valence electrons. The molecule has 8 heteroatoms.